The first-order chi connectivity index (χ1) is 9.60. The number of aromatic nitrogens is 1. The number of ketones is 1. The number of nitrogens with zero attached hydrogens (tertiary/aromatic N) is 3. The Bertz CT molecular complexity index is 449. The zero-order valence-electron chi connectivity index (χ0n) is 12.2. The summed E-state index contributed by atoms with van der Waals surface area (Å²) in [5, 5.41) is 0. The van der Waals surface area contributed by atoms with E-state index >= 15 is 0 Å². The second-order valence-corrected chi connectivity index (χ2v) is 5.31. The molecule has 0 radical (unpaired) electrons. The quantitative estimate of drug-likeness (QED) is 0.770. The van der Waals surface area contributed by atoms with Crippen LogP contribution in [0.3, 0.4) is 0 Å². The molecule has 1 unspecified atom stereocenters. The third-order valence-corrected chi connectivity index (χ3v) is 3.92. The van der Waals surface area contributed by atoms with Crippen molar-refractivity contribution >= 4 is 5.78 Å². The van der Waals surface area contributed by atoms with Gasteiger partial charge in [-0.1, -0.05) is 6.92 Å². The largest absolute Gasteiger partial charge is 0.300 e. The van der Waals surface area contributed by atoms with Gasteiger partial charge < -0.3 is 4.90 Å². The first kappa shape index (κ1) is 15.1. The van der Waals surface area contributed by atoms with Crippen molar-refractivity contribution < 1.29 is 9.18 Å². The average Bonchev–Trinajstić information content (AvgIpc) is 2.45. The van der Waals surface area contributed by atoms with E-state index in [1.165, 1.54) is 12.1 Å². The molecule has 0 bridgehead atoms. The Kier molecular flexibility index (Phi) is 5.20. The fourth-order valence-electron chi connectivity index (χ4n) is 2.67. The van der Waals surface area contributed by atoms with Crippen LogP contribution in [0.5, 0.6) is 0 Å². The molecule has 1 atom stereocenters. The highest BCUT2D eigenvalue weighted by atomic mass is 19.1. The highest BCUT2D eigenvalue weighted by molar-refractivity contribution is 5.94. The van der Waals surface area contributed by atoms with Gasteiger partial charge in [0.1, 0.15) is 11.5 Å². The monoisotopic (exact) mass is 279 g/mol. The minimum Gasteiger partial charge on any atom is -0.300 e. The van der Waals surface area contributed by atoms with E-state index in [2.05, 4.69) is 28.6 Å². The van der Waals surface area contributed by atoms with Crippen LogP contribution in [0, 0.1) is 5.82 Å². The number of piperazine rings is 1. The number of likely N-dealkylation sites (N-methyl/N-ethyl adjacent to an activating group) is 1. The zero-order valence-corrected chi connectivity index (χ0v) is 12.2. The summed E-state index contributed by atoms with van der Waals surface area (Å²) < 4.78 is 12.8. The lowest BCUT2D eigenvalue weighted by atomic mass is 10.1. The zero-order chi connectivity index (χ0) is 14.5. The number of Topliss-reactive ketones (excluding diaryl/α,β-unsaturated/α-hetero) is 1. The average molecular weight is 279 g/mol. The molecule has 0 aliphatic carbocycles. The molecule has 1 aliphatic heterocycles. The molecule has 20 heavy (non-hydrogen) atoms. The van der Waals surface area contributed by atoms with Gasteiger partial charge in [0.05, 0.1) is 6.20 Å². The molecule has 1 fully saturated rings. The number of pyridine rings is 1. The molecule has 1 aromatic rings. The molecule has 0 aromatic carbocycles. The maximum Gasteiger partial charge on any atom is 0.182 e. The number of halogens is 1. The Hall–Kier alpha value is -1.33. The van der Waals surface area contributed by atoms with Crippen molar-refractivity contribution in [2.75, 3.05) is 32.7 Å². The molecule has 110 valence electrons. The van der Waals surface area contributed by atoms with Crippen molar-refractivity contribution in [3.05, 3.63) is 29.8 Å². The standard InChI is InChI=1S/C15H22FN3O/c1-3-19-9-8-18(11-12(19)2)7-6-15(20)14-5-4-13(16)10-17-14/h4-5,10,12H,3,6-9,11H2,1-2H3. The van der Waals surface area contributed by atoms with Crippen molar-refractivity contribution in [3.63, 3.8) is 0 Å². The molecule has 0 saturated carbocycles. The summed E-state index contributed by atoms with van der Waals surface area (Å²) >= 11 is 0. The van der Waals surface area contributed by atoms with Crippen molar-refractivity contribution in [3.8, 4) is 0 Å². The van der Waals surface area contributed by atoms with Gasteiger partial charge in [0.2, 0.25) is 0 Å². The highest BCUT2D eigenvalue weighted by Crippen LogP contribution is 2.10. The summed E-state index contributed by atoms with van der Waals surface area (Å²) in [4.78, 5) is 20.6. The van der Waals surface area contributed by atoms with Crippen LogP contribution < -0.4 is 0 Å². The van der Waals surface area contributed by atoms with E-state index in [0.717, 1.165) is 38.9 Å². The van der Waals surface area contributed by atoms with E-state index < -0.39 is 5.82 Å². The number of rotatable bonds is 5. The van der Waals surface area contributed by atoms with E-state index in [1.54, 1.807) is 0 Å². The van der Waals surface area contributed by atoms with Gasteiger partial charge in [-0.3, -0.25) is 14.7 Å². The van der Waals surface area contributed by atoms with Gasteiger partial charge in [-0.15, -0.1) is 0 Å². The molecule has 1 aliphatic rings. The van der Waals surface area contributed by atoms with Crippen molar-refractivity contribution in [1.29, 1.82) is 0 Å². The van der Waals surface area contributed by atoms with Gasteiger partial charge in [-0.05, 0) is 25.6 Å². The predicted molar refractivity (Wildman–Crippen MR) is 76.3 cm³/mol. The maximum atomic E-state index is 12.8. The van der Waals surface area contributed by atoms with Crippen LogP contribution in [0.1, 0.15) is 30.8 Å². The lowest BCUT2D eigenvalue weighted by Crippen LogP contribution is -2.51. The van der Waals surface area contributed by atoms with Gasteiger partial charge >= 0.3 is 0 Å². The van der Waals surface area contributed by atoms with Crippen LogP contribution in [-0.4, -0.2) is 59.3 Å². The molecule has 1 saturated heterocycles. The molecule has 0 spiro atoms. The predicted octanol–water partition coefficient (Wildman–Crippen LogP) is 1.82. The lowest BCUT2D eigenvalue weighted by molar-refractivity contribution is 0.0794. The summed E-state index contributed by atoms with van der Waals surface area (Å²) in [6.45, 7) is 9.28. The Morgan fingerprint density at radius 2 is 2.25 bits per heavy atom. The molecule has 4 nitrogen and oxygen atoms in total. The number of carbonyl (C=O) groups excluding carboxylic acids is 1. The molecule has 0 amide bonds. The molecule has 1 aromatic heterocycles. The fourth-order valence-corrected chi connectivity index (χ4v) is 2.67. The molecule has 2 rings (SSSR count). The van der Waals surface area contributed by atoms with E-state index in [0.29, 0.717) is 18.2 Å². The van der Waals surface area contributed by atoms with Gasteiger partial charge in [0, 0.05) is 38.6 Å². The first-order valence-corrected chi connectivity index (χ1v) is 7.21. The van der Waals surface area contributed by atoms with Crippen LogP contribution in [-0.2, 0) is 0 Å². The van der Waals surface area contributed by atoms with E-state index in [1.807, 2.05) is 0 Å². The van der Waals surface area contributed by atoms with E-state index in [9.17, 15) is 9.18 Å². The Morgan fingerprint density at radius 1 is 1.45 bits per heavy atom. The summed E-state index contributed by atoms with van der Waals surface area (Å²) in [5.74, 6) is -0.429. The van der Waals surface area contributed by atoms with Crippen molar-refractivity contribution in [2.45, 2.75) is 26.3 Å². The van der Waals surface area contributed by atoms with Crippen LogP contribution in [0.25, 0.3) is 0 Å². The summed E-state index contributed by atoms with van der Waals surface area (Å²) in [6.07, 6.45) is 1.53. The summed E-state index contributed by atoms with van der Waals surface area (Å²) in [5.41, 5.74) is 0.353. The Balaban J connectivity index is 1.81. The van der Waals surface area contributed by atoms with Gasteiger partial charge in [-0.2, -0.15) is 0 Å². The van der Waals surface area contributed by atoms with Crippen molar-refractivity contribution in [2.24, 2.45) is 0 Å². The Morgan fingerprint density at radius 3 is 2.85 bits per heavy atom. The minimum atomic E-state index is -0.411. The molecular weight excluding hydrogens is 257 g/mol. The minimum absolute atomic E-state index is 0.0180. The highest BCUT2D eigenvalue weighted by Gasteiger charge is 2.22. The smallest absolute Gasteiger partial charge is 0.182 e. The lowest BCUT2D eigenvalue weighted by Gasteiger charge is -2.39. The number of carbonyl (C=O) groups is 1. The SMILES string of the molecule is CCN1CCN(CCC(=O)c2ccc(F)cn2)CC1C. The fraction of sp³-hybridized carbons (Fsp3) is 0.600. The van der Waals surface area contributed by atoms with Crippen LogP contribution >= 0.6 is 0 Å². The normalized spacial score (nSPS) is 21.1. The van der Waals surface area contributed by atoms with Crippen LogP contribution in [0.15, 0.2) is 18.3 Å². The van der Waals surface area contributed by atoms with Crippen molar-refractivity contribution in [1.82, 2.24) is 14.8 Å². The van der Waals surface area contributed by atoms with Gasteiger partial charge in [-0.25, -0.2) is 4.39 Å². The summed E-state index contributed by atoms with van der Waals surface area (Å²) in [6, 6.07) is 3.27. The van der Waals surface area contributed by atoms with E-state index in [-0.39, 0.29) is 5.78 Å². The third-order valence-electron chi connectivity index (χ3n) is 3.92. The topological polar surface area (TPSA) is 36.4 Å². The van der Waals surface area contributed by atoms with E-state index in [4.69, 9.17) is 0 Å². The molecule has 5 heteroatoms. The molecular formula is C15H22FN3O. The van der Waals surface area contributed by atoms with Crippen LogP contribution in [0.2, 0.25) is 0 Å². The summed E-state index contributed by atoms with van der Waals surface area (Å²) in [7, 11) is 0. The number of hydrogen-bond donors (Lipinski definition) is 0. The molecule has 2 heterocycles. The Labute approximate surface area is 119 Å². The van der Waals surface area contributed by atoms with Crippen LogP contribution in [0.4, 0.5) is 4.39 Å². The maximum absolute atomic E-state index is 12.8. The molecule has 0 N–H and O–H groups in total. The van der Waals surface area contributed by atoms with Gasteiger partial charge in [0.25, 0.3) is 0 Å². The third kappa shape index (κ3) is 3.84. The number of hydrogen-bond acceptors (Lipinski definition) is 4. The van der Waals surface area contributed by atoms with Gasteiger partial charge in [0.15, 0.2) is 5.78 Å². The first-order valence-electron chi connectivity index (χ1n) is 7.21. The second-order valence-electron chi connectivity index (χ2n) is 5.31. The second kappa shape index (κ2) is 6.90.